The van der Waals surface area contributed by atoms with E-state index in [2.05, 4.69) is 15.3 Å². The fourth-order valence-electron chi connectivity index (χ4n) is 3.35. The molecule has 2 heterocycles. The summed E-state index contributed by atoms with van der Waals surface area (Å²) < 4.78 is 5.10. The van der Waals surface area contributed by atoms with Crippen LogP contribution < -0.4 is 5.32 Å². The van der Waals surface area contributed by atoms with Crippen molar-refractivity contribution in [3.63, 3.8) is 0 Å². The number of fused-ring (bicyclic) bond motifs is 1. The van der Waals surface area contributed by atoms with Gasteiger partial charge in [-0.2, -0.15) is 0 Å². The number of rotatable bonds is 6. The number of ether oxygens (including phenoxy) is 1. The average Bonchev–Trinajstić information content (AvgIpc) is 2.79. The lowest BCUT2D eigenvalue weighted by Crippen LogP contribution is -2.15. The molecule has 6 nitrogen and oxygen atoms in total. The van der Waals surface area contributed by atoms with Crippen LogP contribution in [-0.4, -0.2) is 27.7 Å². The second-order valence-corrected chi connectivity index (χ2v) is 6.71. The molecule has 30 heavy (non-hydrogen) atoms. The first-order valence-electron chi connectivity index (χ1n) is 9.68. The molecule has 0 saturated carbocycles. The van der Waals surface area contributed by atoms with Gasteiger partial charge in [-0.25, -0.2) is 4.79 Å². The normalized spacial score (nSPS) is 11.8. The molecular weight excluding hydrogens is 378 g/mol. The molecule has 0 bridgehead atoms. The molecule has 2 aromatic heterocycles. The molecule has 0 spiro atoms. The summed E-state index contributed by atoms with van der Waals surface area (Å²) in [6.45, 7) is 2.08. The third kappa shape index (κ3) is 3.93. The van der Waals surface area contributed by atoms with E-state index in [4.69, 9.17) is 4.74 Å². The lowest BCUT2D eigenvalue weighted by atomic mass is 9.99. The first kappa shape index (κ1) is 19.4. The van der Waals surface area contributed by atoms with E-state index in [1.807, 2.05) is 48.5 Å². The van der Waals surface area contributed by atoms with E-state index in [1.54, 1.807) is 37.5 Å². The van der Waals surface area contributed by atoms with Gasteiger partial charge in [0.15, 0.2) is 0 Å². The van der Waals surface area contributed by atoms with Gasteiger partial charge in [-0.3, -0.25) is 9.97 Å². The van der Waals surface area contributed by atoms with Crippen molar-refractivity contribution in [2.75, 3.05) is 11.9 Å². The van der Waals surface area contributed by atoms with Crippen LogP contribution >= 0.6 is 0 Å². The zero-order chi connectivity index (χ0) is 20.9. The van der Waals surface area contributed by atoms with Gasteiger partial charge in [0.2, 0.25) is 0 Å². The highest BCUT2D eigenvalue weighted by molar-refractivity contribution is 5.90. The molecule has 150 valence electrons. The molecule has 0 aliphatic heterocycles. The lowest BCUT2D eigenvalue weighted by molar-refractivity contribution is 0.0526. The van der Waals surface area contributed by atoms with E-state index in [1.165, 1.54) is 0 Å². The molecule has 0 fully saturated rings. The maximum Gasteiger partial charge on any atom is 0.338 e. The summed E-state index contributed by atoms with van der Waals surface area (Å²) in [5.41, 5.74) is 3.05. The van der Waals surface area contributed by atoms with E-state index in [0.717, 1.165) is 11.1 Å². The van der Waals surface area contributed by atoms with Gasteiger partial charge in [0, 0.05) is 29.0 Å². The topological polar surface area (TPSA) is 84.3 Å². The van der Waals surface area contributed by atoms with E-state index < -0.39 is 6.04 Å². The van der Waals surface area contributed by atoms with E-state index >= 15 is 0 Å². The largest absolute Gasteiger partial charge is 0.505 e. The third-order valence-corrected chi connectivity index (χ3v) is 4.76. The Kier molecular flexibility index (Phi) is 5.57. The van der Waals surface area contributed by atoms with Crippen LogP contribution in [0.3, 0.4) is 0 Å². The third-order valence-electron chi connectivity index (χ3n) is 4.76. The highest BCUT2D eigenvalue weighted by atomic mass is 16.5. The molecule has 0 saturated heterocycles. The molecule has 2 aromatic carbocycles. The number of aromatic hydroxyl groups is 1. The Morgan fingerprint density at radius 3 is 2.70 bits per heavy atom. The number of anilines is 1. The molecule has 0 amide bonds. The summed E-state index contributed by atoms with van der Waals surface area (Å²) in [5.74, 6) is -0.286. The van der Waals surface area contributed by atoms with Gasteiger partial charge in [-0.05, 0) is 43.3 Å². The van der Waals surface area contributed by atoms with Crippen molar-refractivity contribution in [1.29, 1.82) is 0 Å². The van der Waals surface area contributed by atoms with E-state index in [0.29, 0.717) is 28.9 Å². The lowest BCUT2D eigenvalue weighted by Gasteiger charge is -2.22. The van der Waals surface area contributed by atoms with Crippen LogP contribution in [0.5, 0.6) is 5.75 Å². The zero-order valence-corrected chi connectivity index (χ0v) is 16.4. The standard InChI is InChI=1S/C24H21N3O3/c1-2-30-24(29)17-7-5-9-18(15-17)27-22(20-10-3-4-13-25-20)19-12-11-16-8-6-14-26-21(16)23(19)28/h3-15,22,27-28H,2H2,1H3. The number of nitrogens with one attached hydrogen (secondary N) is 1. The van der Waals surface area contributed by atoms with Crippen LogP contribution in [0.4, 0.5) is 5.69 Å². The van der Waals surface area contributed by atoms with Crippen LogP contribution in [0.2, 0.25) is 0 Å². The summed E-state index contributed by atoms with van der Waals surface area (Å²) in [6, 6.07) is 19.7. The molecule has 0 aliphatic carbocycles. The van der Waals surface area contributed by atoms with E-state index in [-0.39, 0.29) is 11.7 Å². The second kappa shape index (κ2) is 8.61. The second-order valence-electron chi connectivity index (χ2n) is 6.71. The zero-order valence-electron chi connectivity index (χ0n) is 16.4. The van der Waals surface area contributed by atoms with Crippen LogP contribution in [0.1, 0.15) is 34.6 Å². The molecular formula is C24H21N3O3. The SMILES string of the molecule is CCOC(=O)c1cccc(NC(c2ccccn2)c2ccc3cccnc3c2O)c1. The van der Waals surface area contributed by atoms with Crippen molar-refractivity contribution < 1.29 is 14.6 Å². The minimum absolute atomic E-state index is 0.0952. The van der Waals surface area contributed by atoms with Gasteiger partial charge in [-0.1, -0.05) is 30.3 Å². The van der Waals surface area contributed by atoms with Gasteiger partial charge in [0.25, 0.3) is 0 Å². The Morgan fingerprint density at radius 2 is 1.90 bits per heavy atom. The number of carbonyl (C=O) groups excluding carboxylic acids is 1. The molecule has 0 radical (unpaired) electrons. The van der Waals surface area contributed by atoms with Crippen LogP contribution in [-0.2, 0) is 4.74 Å². The van der Waals surface area contributed by atoms with Gasteiger partial charge < -0.3 is 15.2 Å². The number of esters is 1. The average molecular weight is 399 g/mol. The Hall–Kier alpha value is -3.93. The van der Waals surface area contributed by atoms with Gasteiger partial charge >= 0.3 is 5.97 Å². The number of phenols is 1. The number of aromatic nitrogens is 2. The summed E-state index contributed by atoms with van der Waals surface area (Å²) in [6.07, 6.45) is 3.35. The number of phenolic OH excluding ortho intramolecular Hbond substituents is 1. The predicted octanol–water partition coefficient (Wildman–Crippen LogP) is 4.71. The molecule has 4 aromatic rings. The van der Waals surface area contributed by atoms with Crippen molar-refractivity contribution in [2.45, 2.75) is 13.0 Å². The maximum atomic E-state index is 12.1. The highest BCUT2D eigenvalue weighted by Gasteiger charge is 2.21. The monoisotopic (exact) mass is 399 g/mol. The minimum Gasteiger partial charge on any atom is -0.505 e. The number of pyridine rings is 2. The van der Waals surface area contributed by atoms with Crippen molar-refractivity contribution in [2.24, 2.45) is 0 Å². The van der Waals surface area contributed by atoms with Crippen molar-refractivity contribution >= 4 is 22.6 Å². The van der Waals surface area contributed by atoms with E-state index in [9.17, 15) is 9.90 Å². The van der Waals surface area contributed by atoms with Gasteiger partial charge in [0.05, 0.1) is 23.9 Å². The minimum atomic E-state index is -0.449. The Bertz CT molecular complexity index is 1180. The molecule has 1 unspecified atom stereocenters. The summed E-state index contributed by atoms with van der Waals surface area (Å²) in [7, 11) is 0. The fraction of sp³-hybridized carbons (Fsp3) is 0.125. The predicted molar refractivity (Wildman–Crippen MR) is 116 cm³/mol. The number of carbonyl (C=O) groups is 1. The quantitative estimate of drug-likeness (QED) is 0.457. The smallest absolute Gasteiger partial charge is 0.338 e. The Morgan fingerprint density at radius 1 is 1.03 bits per heavy atom. The van der Waals surface area contributed by atoms with Crippen LogP contribution in [0.15, 0.2) is 79.1 Å². The number of hydrogen-bond acceptors (Lipinski definition) is 6. The fourth-order valence-corrected chi connectivity index (χ4v) is 3.35. The van der Waals surface area contributed by atoms with Crippen LogP contribution in [0.25, 0.3) is 10.9 Å². The number of hydrogen-bond donors (Lipinski definition) is 2. The number of nitrogens with zero attached hydrogens (tertiary/aromatic N) is 2. The van der Waals surface area contributed by atoms with Crippen molar-refractivity contribution in [1.82, 2.24) is 9.97 Å². The maximum absolute atomic E-state index is 12.1. The van der Waals surface area contributed by atoms with Crippen molar-refractivity contribution in [3.8, 4) is 5.75 Å². The van der Waals surface area contributed by atoms with Crippen molar-refractivity contribution in [3.05, 3.63) is 95.9 Å². The summed E-state index contributed by atoms with van der Waals surface area (Å²) in [4.78, 5) is 20.9. The molecule has 2 N–H and O–H groups in total. The van der Waals surface area contributed by atoms with Gasteiger partial charge in [0.1, 0.15) is 11.3 Å². The highest BCUT2D eigenvalue weighted by Crippen LogP contribution is 2.35. The Balaban J connectivity index is 1.77. The first-order valence-corrected chi connectivity index (χ1v) is 9.68. The molecule has 6 heteroatoms. The molecule has 1 atom stereocenters. The molecule has 4 rings (SSSR count). The van der Waals surface area contributed by atoms with Crippen LogP contribution in [0, 0.1) is 0 Å². The number of benzene rings is 2. The van der Waals surface area contributed by atoms with Gasteiger partial charge in [-0.15, -0.1) is 0 Å². The Labute approximate surface area is 174 Å². The summed E-state index contributed by atoms with van der Waals surface area (Å²) >= 11 is 0. The molecule has 0 aliphatic rings. The first-order chi connectivity index (χ1) is 14.7. The summed E-state index contributed by atoms with van der Waals surface area (Å²) in [5, 5.41) is 15.2.